The molecule has 1 aliphatic heterocycles. The fourth-order valence-corrected chi connectivity index (χ4v) is 3.35. The monoisotopic (exact) mass is 379 g/mol. The minimum Gasteiger partial charge on any atom is -0.381 e. The SMILES string of the molecule is CCCCOCCCNC(=NC)NCC1(c2cccc(F)c2)CCOCC1. The van der Waals surface area contributed by atoms with Gasteiger partial charge in [-0.2, -0.15) is 0 Å². The van der Waals surface area contributed by atoms with Crippen LogP contribution in [0, 0.1) is 5.82 Å². The third-order valence-corrected chi connectivity index (χ3v) is 5.10. The minimum atomic E-state index is -0.191. The summed E-state index contributed by atoms with van der Waals surface area (Å²) >= 11 is 0. The van der Waals surface area contributed by atoms with Gasteiger partial charge in [0.1, 0.15) is 5.82 Å². The van der Waals surface area contributed by atoms with E-state index in [9.17, 15) is 4.39 Å². The summed E-state index contributed by atoms with van der Waals surface area (Å²) in [7, 11) is 1.77. The predicted molar refractivity (Wildman–Crippen MR) is 108 cm³/mol. The summed E-state index contributed by atoms with van der Waals surface area (Å²) in [5.41, 5.74) is 0.888. The Labute approximate surface area is 162 Å². The van der Waals surface area contributed by atoms with E-state index >= 15 is 0 Å². The van der Waals surface area contributed by atoms with Crippen LogP contribution in [0.15, 0.2) is 29.3 Å². The summed E-state index contributed by atoms with van der Waals surface area (Å²) in [6.07, 6.45) is 4.94. The van der Waals surface area contributed by atoms with E-state index < -0.39 is 0 Å². The maximum Gasteiger partial charge on any atom is 0.191 e. The lowest BCUT2D eigenvalue weighted by molar-refractivity contribution is 0.0512. The summed E-state index contributed by atoms with van der Waals surface area (Å²) in [6.45, 7) is 6.65. The molecule has 0 unspecified atom stereocenters. The summed E-state index contributed by atoms with van der Waals surface area (Å²) < 4.78 is 24.9. The van der Waals surface area contributed by atoms with Crippen LogP contribution >= 0.6 is 0 Å². The molecule has 1 fully saturated rings. The zero-order valence-electron chi connectivity index (χ0n) is 16.7. The van der Waals surface area contributed by atoms with Gasteiger partial charge in [0.2, 0.25) is 0 Å². The first-order valence-electron chi connectivity index (χ1n) is 10.1. The van der Waals surface area contributed by atoms with Crippen molar-refractivity contribution in [2.45, 2.75) is 44.4 Å². The lowest BCUT2D eigenvalue weighted by Gasteiger charge is -2.38. The molecular weight excluding hydrogens is 345 g/mol. The Bertz CT molecular complexity index is 574. The number of aliphatic imine (C=N–C) groups is 1. The Hall–Kier alpha value is -1.66. The van der Waals surface area contributed by atoms with Crippen LogP contribution in [0.25, 0.3) is 0 Å². The molecule has 1 saturated heterocycles. The molecule has 0 bridgehead atoms. The van der Waals surface area contributed by atoms with Crippen LogP contribution in [0.3, 0.4) is 0 Å². The van der Waals surface area contributed by atoms with E-state index in [0.717, 1.165) is 63.4 Å². The van der Waals surface area contributed by atoms with E-state index in [1.54, 1.807) is 19.2 Å². The fraction of sp³-hybridized carbons (Fsp3) is 0.667. The van der Waals surface area contributed by atoms with Gasteiger partial charge in [-0.15, -0.1) is 0 Å². The van der Waals surface area contributed by atoms with E-state index in [4.69, 9.17) is 9.47 Å². The van der Waals surface area contributed by atoms with Crippen molar-refractivity contribution in [1.29, 1.82) is 0 Å². The number of guanidine groups is 1. The van der Waals surface area contributed by atoms with E-state index in [2.05, 4.69) is 22.5 Å². The van der Waals surface area contributed by atoms with Gasteiger partial charge in [-0.3, -0.25) is 4.99 Å². The molecule has 0 saturated carbocycles. The van der Waals surface area contributed by atoms with Crippen LogP contribution < -0.4 is 10.6 Å². The van der Waals surface area contributed by atoms with Crippen molar-refractivity contribution in [3.8, 4) is 0 Å². The van der Waals surface area contributed by atoms with Crippen molar-refractivity contribution in [1.82, 2.24) is 10.6 Å². The molecule has 0 radical (unpaired) electrons. The number of hydrogen-bond acceptors (Lipinski definition) is 3. The average molecular weight is 380 g/mol. The van der Waals surface area contributed by atoms with Crippen LogP contribution in [0.1, 0.15) is 44.6 Å². The van der Waals surface area contributed by atoms with Crippen molar-refractivity contribution >= 4 is 5.96 Å². The Kier molecular flexibility index (Phi) is 9.56. The number of ether oxygens (including phenoxy) is 2. The first-order chi connectivity index (χ1) is 13.2. The highest BCUT2D eigenvalue weighted by molar-refractivity contribution is 5.79. The molecule has 1 aliphatic rings. The molecular formula is C21H34FN3O2. The standard InChI is InChI=1S/C21H34FN3O2/c1-3-4-12-26-13-6-11-24-20(23-2)25-17-21(9-14-27-15-10-21)18-7-5-8-19(22)16-18/h5,7-8,16H,3-4,6,9-15,17H2,1-2H3,(H2,23,24,25). The van der Waals surface area contributed by atoms with Crippen molar-refractivity contribution in [2.75, 3.05) is 46.6 Å². The zero-order valence-corrected chi connectivity index (χ0v) is 16.7. The highest BCUT2D eigenvalue weighted by Crippen LogP contribution is 2.34. The molecule has 6 heteroatoms. The first kappa shape index (κ1) is 21.6. The number of hydrogen-bond donors (Lipinski definition) is 2. The van der Waals surface area contributed by atoms with Gasteiger partial charge >= 0.3 is 0 Å². The molecule has 2 rings (SSSR count). The van der Waals surface area contributed by atoms with E-state index in [1.807, 2.05) is 6.07 Å². The normalized spacial score (nSPS) is 16.9. The van der Waals surface area contributed by atoms with Crippen LogP contribution in [0.4, 0.5) is 4.39 Å². The maximum absolute atomic E-state index is 13.8. The van der Waals surface area contributed by atoms with E-state index in [0.29, 0.717) is 19.8 Å². The Balaban J connectivity index is 1.84. The van der Waals surface area contributed by atoms with E-state index in [-0.39, 0.29) is 11.2 Å². The average Bonchev–Trinajstić information content (AvgIpc) is 2.70. The molecule has 5 nitrogen and oxygen atoms in total. The molecule has 0 atom stereocenters. The second kappa shape index (κ2) is 11.9. The zero-order chi connectivity index (χ0) is 19.4. The number of rotatable bonds is 10. The summed E-state index contributed by atoms with van der Waals surface area (Å²) in [6, 6.07) is 6.94. The van der Waals surface area contributed by atoms with Crippen LogP contribution in [-0.4, -0.2) is 52.5 Å². The number of halogens is 1. The van der Waals surface area contributed by atoms with Gasteiger partial charge in [0.15, 0.2) is 5.96 Å². The molecule has 0 spiro atoms. The van der Waals surface area contributed by atoms with Gasteiger partial charge < -0.3 is 20.1 Å². The largest absolute Gasteiger partial charge is 0.381 e. The first-order valence-corrected chi connectivity index (χ1v) is 10.1. The third-order valence-electron chi connectivity index (χ3n) is 5.10. The number of nitrogens with one attached hydrogen (secondary N) is 2. The smallest absolute Gasteiger partial charge is 0.191 e. The number of benzene rings is 1. The summed E-state index contributed by atoms with van der Waals surface area (Å²) in [4.78, 5) is 4.31. The van der Waals surface area contributed by atoms with E-state index in [1.165, 1.54) is 6.07 Å². The molecule has 1 aromatic rings. The van der Waals surface area contributed by atoms with Gasteiger partial charge in [-0.1, -0.05) is 25.5 Å². The van der Waals surface area contributed by atoms with Crippen LogP contribution in [0.5, 0.6) is 0 Å². The topological polar surface area (TPSA) is 54.9 Å². The summed E-state index contributed by atoms with van der Waals surface area (Å²) in [5.74, 6) is 0.578. The molecule has 152 valence electrons. The predicted octanol–water partition coefficient (Wildman–Crippen LogP) is 3.25. The molecule has 2 N–H and O–H groups in total. The lowest BCUT2D eigenvalue weighted by Crippen LogP contribution is -2.48. The maximum atomic E-state index is 13.8. The van der Waals surface area contributed by atoms with Crippen molar-refractivity contribution < 1.29 is 13.9 Å². The van der Waals surface area contributed by atoms with Crippen LogP contribution in [-0.2, 0) is 14.9 Å². The van der Waals surface area contributed by atoms with Crippen molar-refractivity contribution in [3.05, 3.63) is 35.6 Å². The van der Waals surface area contributed by atoms with Crippen molar-refractivity contribution in [2.24, 2.45) is 4.99 Å². The lowest BCUT2D eigenvalue weighted by atomic mass is 9.74. The second-order valence-electron chi connectivity index (χ2n) is 7.08. The molecule has 0 aromatic heterocycles. The molecule has 1 heterocycles. The fourth-order valence-electron chi connectivity index (χ4n) is 3.35. The van der Waals surface area contributed by atoms with Crippen LogP contribution in [0.2, 0.25) is 0 Å². The molecule has 27 heavy (non-hydrogen) atoms. The third kappa shape index (κ3) is 7.11. The van der Waals surface area contributed by atoms with Gasteiger partial charge in [-0.05, 0) is 43.4 Å². The quantitative estimate of drug-likeness (QED) is 0.372. The molecule has 1 aromatic carbocycles. The molecule has 0 amide bonds. The van der Waals surface area contributed by atoms with Gasteiger partial charge in [0.05, 0.1) is 0 Å². The Morgan fingerprint density at radius 1 is 1.22 bits per heavy atom. The van der Waals surface area contributed by atoms with Gasteiger partial charge in [0, 0.05) is 52.0 Å². The molecule has 0 aliphatic carbocycles. The Morgan fingerprint density at radius 3 is 2.70 bits per heavy atom. The van der Waals surface area contributed by atoms with Gasteiger partial charge in [0.25, 0.3) is 0 Å². The van der Waals surface area contributed by atoms with Crippen molar-refractivity contribution in [3.63, 3.8) is 0 Å². The minimum absolute atomic E-state index is 0.138. The van der Waals surface area contributed by atoms with Gasteiger partial charge in [-0.25, -0.2) is 4.39 Å². The second-order valence-corrected chi connectivity index (χ2v) is 7.08. The highest BCUT2D eigenvalue weighted by atomic mass is 19.1. The Morgan fingerprint density at radius 2 is 2.00 bits per heavy atom. The number of nitrogens with zero attached hydrogens (tertiary/aromatic N) is 1. The summed E-state index contributed by atoms with van der Waals surface area (Å²) in [5, 5.41) is 6.76. The number of unbranched alkanes of at least 4 members (excludes halogenated alkanes) is 1. The highest BCUT2D eigenvalue weighted by Gasteiger charge is 2.34.